The fourth-order valence-corrected chi connectivity index (χ4v) is 3.27. The van der Waals surface area contributed by atoms with E-state index in [9.17, 15) is 9.59 Å². The van der Waals surface area contributed by atoms with Gasteiger partial charge in [-0.05, 0) is 44.0 Å². The molecule has 0 bridgehead atoms. The Morgan fingerprint density at radius 2 is 1.89 bits per heavy atom. The molecular formula is C21H26N4O2. The first kappa shape index (κ1) is 18.9. The number of aryl methyl sites for hydroxylation is 2. The number of piperazine rings is 1. The Hall–Kier alpha value is -2.89. The summed E-state index contributed by atoms with van der Waals surface area (Å²) >= 11 is 0. The van der Waals surface area contributed by atoms with E-state index < -0.39 is 6.04 Å². The third kappa shape index (κ3) is 4.64. The van der Waals surface area contributed by atoms with Gasteiger partial charge in [-0.2, -0.15) is 0 Å². The normalized spacial score (nSPS) is 17.1. The monoisotopic (exact) mass is 366 g/mol. The standard InChI is InChI=1S/C21H26N4O2/c1-15-4-6-18(7-5-15)14-24-10-11-25(17(3)20(24)26)21(27)23-13-19-8-9-22-16(2)12-19/h4-9,12,17H,10-11,13-14H2,1-3H3,(H,23,27)/t17-/m1/s1. The van der Waals surface area contributed by atoms with E-state index in [1.54, 1.807) is 18.0 Å². The number of amides is 3. The maximum absolute atomic E-state index is 12.7. The molecule has 1 atom stereocenters. The van der Waals surface area contributed by atoms with Crippen molar-refractivity contribution >= 4 is 11.9 Å². The predicted molar refractivity (Wildman–Crippen MR) is 104 cm³/mol. The largest absolute Gasteiger partial charge is 0.335 e. The maximum Gasteiger partial charge on any atom is 0.318 e. The number of carbonyl (C=O) groups excluding carboxylic acids is 2. The Bertz CT molecular complexity index is 819. The lowest BCUT2D eigenvalue weighted by Gasteiger charge is -2.39. The van der Waals surface area contributed by atoms with Crippen molar-refractivity contribution in [3.8, 4) is 0 Å². The second kappa shape index (κ2) is 8.20. The van der Waals surface area contributed by atoms with Gasteiger partial charge in [0.2, 0.25) is 5.91 Å². The van der Waals surface area contributed by atoms with Gasteiger partial charge in [-0.25, -0.2) is 4.79 Å². The molecule has 0 saturated carbocycles. The van der Waals surface area contributed by atoms with Crippen LogP contribution in [0.1, 0.15) is 29.3 Å². The predicted octanol–water partition coefficient (Wildman–Crippen LogP) is 2.64. The lowest BCUT2D eigenvalue weighted by Crippen LogP contribution is -2.59. The van der Waals surface area contributed by atoms with E-state index in [1.807, 2.05) is 55.1 Å². The van der Waals surface area contributed by atoms with Gasteiger partial charge < -0.3 is 15.1 Å². The molecule has 142 valence electrons. The number of nitrogens with one attached hydrogen (secondary N) is 1. The van der Waals surface area contributed by atoms with Gasteiger partial charge in [0.05, 0.1) is 0 Å². The summed E-state index contributed by atoms with van der Waals surface area (Å²) in [6, 6.07) is 11.3. The van der Waals surface area contributed by atoms with Crippen LogP contribution in [0.5, 0.6) is 0 Å². The number of rotatable bonds is 4. The van der Waals surface area contributed by atoms with Crippen molar-refractivity contribution in [2.24, 2.45) is 0 Å². The lowest BCUT2D eigenvalue weighted by molar-refractivity contribution is -0.139. The summed E-state index contributed by atoms with van der Waals surface area (Å²) in [5, 5.41) is 2.91. The number of nitrogens with zero attached hydrogens (tertiary/aromatic N) is 3. The minimum atomic E-state index is -0.469. The van der Waals surface area contributed by atoms with Crippen LogP contribution in [0.3, 0.4) is 0 Å². The highest BCUT2D eigenvalue weighted by Gasteiger charge is 2.34. The quantitative estimate of drug-likeness (QED) is 0.905. The topological polar surface area (TPSA) is 65.5 Å². The van der Waals surface area contributed by atoms with Crippen molar-refractivity contribution in [2.45, 2.75) is 39.9 Å². The molecule has 2 heterocycles. The molecular weight excluding hydrogens is 340 g/mol. The molecule has 0 radical (unpaired) electrons. The summed E-state index contributed by atoms with van der Waals surface area (Å²) in [6.45, 7) is 7.82. The zero-order valence-electron chi connectivity index (χ0n) is 16.1. The zero-order chi connectivity index (χ0) is 19.4. The molecule has 3 rings (SSSR count). The van der Waals surface area contributed by atoms with Crippen LogP contribution in [0.2, 0.25) is 0 Å². The average Bonchev–Trinajstić information content (AvgIpc) is 2.65. The zero-order valence-corrected chi connectivity index (χ0v) is 16.1. The van der Waals surface area contributed by atoms with Gasteiger partial charge in [0.25, 0.3) is 0 Å². The molecule has 1 N–H and O–H groups in total. The highest BCUT2D eigenvalue weighted by Crippen LogP contribution is 2.15. The molecule has 1 aromatic heterocycles. The maximum atomic E-state index is 12.7. The SMILES string of the molecule is Cc1ccc(CN2CCN(C(=O)NCc3ccnc(C)c3)[C@H](C)C2=O)cc1. The van der Waals surface area contributed by atoms with Gasteiger partial charge in [0.1, 0.15) is 6.04 Å². The van der Waals surface area contributed by atoms with Gasteiger partial charge in [-0.1, -0.05) is 29.8 Å². The lowest BCUT2D eigenvalue weighted by atomic mass is 10.1. The Morgan fingerprint density at radius 1 is 1.15 bits per heavy atom. The first-order valence-electron chi connectivity index (χ1n) is 9.24. The number of pyridine rings is 1. The van der Waals surface area contributed by atoms with Crippen LogP contribution in [0.15, 0.2) is 42.6 Å². The second-order valence-corrected chi connectivity index (χ2v) is 7.08. The molecule has 1 saturated heterocycles. The Labute approximate surface area is 160 Å². The number of aromatic nitrogens is 1. The van der Waals surface area contributed by atoms with Crippen molar-refractivity contribution < 1.29 is 9.59 Å². The van der Waals surface area contributed by atoms with Gasteiger partial charge in [0, 0.05) is 38.1 Å². The smallest absolute Gasteiger partial charge is 0.318 e. The van der Waals surface area contributed by atoms with Crippen LogP contribution in [-0.4, -0.2) is 45.9 Å². The summed E-state index contributed by atoms with van der Waals surface area (Å²) in [7, 11) is 0. The van der Waals surface area contributed by atoms with E-state index in [0.29, 0.717) is 26.2 Å². The van der Waals surface area contributed by atoms with Crippen molar-refractivity contribution in [3.05, 3.63) is 65.0 Å². The van der Waals surface area contributed by atoms with E-state index >= 15 is 0 Å². The van der Waals surface area contributed by atoms with Crippen LogP contribution in [0.25, 0.3) is 0 Å². The van der Waals surface area contributed by atoms with Crippen LogP contribution in [0, 0.1) is 13.8 Å². The molecule has 1 aliphatic heterocycles. The first-order chi connectivity index (χ1) is 12.9. The summed E-state index contributed by atoms with van der Waals surface area (Å²) in [5.74, 6) is -0.0169. The Kier molecular flexibility index (Phi) is 5.74. The van der Waals surface area contributed by atoms with Gasteiger partial charge >= 0.3 is 6.03 Å². The van der Waals surface area contributed by atoms with E-state index in [1.165, 1.54) is 5.56 Å². The molecule has 3 amide bonds. The average molecular weight is 366 g/mol. The summed E-state index contributed by atoms with van der Waals surface area (Å²) in [4.78, 5) is 32.9. The van der Waals surface area contributed by atoms with Crippen molar-refractivity contribution in [3.63, 3.8) is 0 Å². The first-order valence-corrected chi connectivity index (χ1v) is 9.24. The Morgan fingerprint density at radius 3 is 2.59 bits per heavy atom. The van der Waals surface area contributed by atoms with Crippen molar-refractivity contribution in [2.75, 3.05) is 13.1 Å². The molecule has 1 fully saturated rings. The van der Waals surface area contributed by atoms with Gasteiger partial charge in [-0.3, -0.25) is 9.78 Å². The number of urea groups is 1. The van der Waals surface area contributed by atoms with Crippen LogP contribution < -0.4 is 5.32 Å². The summed E-state index contributed by atoms with van der Waals surface area (Å²) in [6.07, 6.45) is 1.73. The summed E-state index contributed by atoms with van der Waals surface area (Å²) < 4.78 is 0. The third-order valence-electron chi connectivity index (χ3n) is 4.91. The molecule has 1 aromatic carbocycles. The molecule has 6 heteroatoms. The number of hydrogen-bond donors (Lipinski definition) is 1. The molecule has 6 nitrogen and oxygen atoms in total. The third-order valence-corrected chi connectivity index (χ3v) is 4.91. The van der Waals surface area contributed by atoms with Crippen LogP contribution >= 0.6 is 0 Å². The minimum absolute atomic E-state index is 0.0169. The van der Waals surface area contributed by atoms with Gasteiger partial charge in [-0.15, -0.1) is 0 Å². The number of benzene rings is 1. The fourth-order valence-electron chi connectivity index (χ4n) is 3.27. The van der Waals surface area contributed by atoms with Crippen LogP contribution in [-0.2, 0) is 17.9 Å². The highest BCUT2D eigenvalue weighted by molar-refractivity contribution is 5.88. The second-order valence-electron chi connectivity index (χ2n) is 7.08. The Balaban J connectivity index is 1.56. The van der Waals surface area contributed by atoms with E-state index in [4.69, 9.17) is 0 Å². The van der Waals surface area contributed by atoms with E-state index in [0.717, 1.165) is 16.8 Å². The molecule has 1 aliphatic rings. The fraction of sp³-hybridized carbons (Fsp3) is 0.381. The van der Waals surface area contributed by atoms with E-state index in [-0.39, 0.29) is 11.9 Å². The molecule has 0 spiro atoms. The molecule has 0 unspecified atom stereocenters. The summed E-state index contributed by atoms with van der Waals surface area (Å²) in [5.41, 5.74) is 4.21. The van der Waals surface area contributed by atoms with Crippen molar-refractivity contribution in [1.29, 1.82) is 0 Å². The van der Waals surface area contributed by atoms with Crippen molar-refractivity contribution in [1.82, 2.24) is 20.1 Å². The molecule has 27 heavy (non-hydrogen) atoms. The van der Waals surface area contributed by atoms with Crippen LogP contribution in [0.4, 0.5) is 4.79 Å². The highest BCUT2D eigenvalue weighted by atomic mass is 16.2. The molecule has 0 aliphatic carbocycles. The minimum Gasteiger partial charge on any atom is -0.335 e. The van der Waals surface area contributed by atoms with Gasteiger partial charge in [0.15, 0.2) is 0 Å². The van der Waals surface area contributed by atoms with E-state index in [2.05, 4.69) is 10.3 Å². The number of hydrogen-bond acceptors (Lipinski definition) is 3. The number of carbonyl (C=O) groups is 2. The molecule has 2 aromatic rings.